The highest BCUT2D eigenvalue weighted by molar-refractivity contribution is 5.20. The number of piperidine rings is 1. The molecule has 0 bridgehead atoms. The van der Waals surface area contributed by atoms with E-state index in [1.165, 1.54) is 31.4 Å². The third-order valence-corrected chi connectivity index (χ3v) is 4.53. The summed E-state index contributed by atoms with van der Waals surface area (Å²) in [5, 5.41) is 0. The third kappa shape index (κ3) is 3.36. The van der Waals surface area contributed by atoms with Gasteiger partial charge >= 0.3 is 0 Å². The van der Waals surface area contributed by atoms with Crippen LogP contribution in [0.25, 0.3) is 0 Å². The van der Waals surface area contributed by atoms with Crippen molar-refractivity contribution in [1.29, 1.82) is 0 Å². The van der Waals surface area contributed by atoms with E-state index in [4.69, 9.17) is 5.73 Å². The van der Waals surface area contributed by atoms with Gasteiger partial charge in [0.15, 0.2) is 0 Å². The zero-order valence-electron chi connectivity index (χ0n) is 12.3. The second kappa shape index (κ2) is 6.19. The van der Waals surface area contributed by atoms with E-state index < -0.39 is 5.82 Å². The topological polar surface area (TPSA) is 29.3 Å². The maximum absolute atomic E-state index is 13.7. The van der Waals surface area contributed by atoms with E-state index in [-0.39, 0.29) is 17.4 Å². The highest BCUT2D eigenvalue weighted by atomic mass is 19.1. The molecule has 2 N–H and O–H groups in total. The summed E-state index contributed by atoms with van der Waals surface area (Å²) < 4.78 is 27.0. The van der Waals surface area contributed by atoms with Gasteiger partial charge in [-0.1, -0.05) is 6.42 Å². The molecule has 1 fully saturated rings. The predicted molar refractivity (Wildman–Crippen MR) is 77.5 cm³/mol. The minimum Gasteiger partial charge on any atom is -0.326 e. The summed E-state index contributed by atoms with van der Waals surface area (Å²) in [7, 11) is 0. The minimum atomic E-state index is -0.413. The van der Waals surface area contributed by atoms with Crippen LogP contribution < -0.4 is 5.73 Å². The van der Waals surface area contributed by atoms with Crippen LogP contribution >= 0.6 is 0 Å². The summed E-state index contributed by atoms with van der Waals surface area (Å²) in [4.78, 5) is 2.37. The van der Waals surface area contributed by atoms with Gasteiger partial charge in [0.1, 0.15) is 11.6 Å². The molecule has 1 atom stereocenters. The Bertz CT molecular complexity index is 454. The molecule has 1 aliphatic rings. The summed E-state index contributed by atoms with van der Waals surface area (Å²) in [6, 6.07) is 3.34. The lowest BCUT2D eigenvalue weighted by molar-refractivity contribution is 0.0729. The molecule has 0 aromatic heterocycles. The number of hydrogen-bond donors (Lipinski definition) is 1. The Balaban J connectivity index is 2.09. The van der Waals surface area contributed by atoms with Gasteiger partial charge in [-0.15, -0.1) is 0 Å². The van der Waals surface area contributed by atoms with Gasteiger partial charge < -0.3 is 5.73 Å². The number of nitrogens with zero attached hydrogens (tertiary/aromatic N) is 1. The fourth-order valence-corrected chi connectivity index (χ4v) is 2.89. The largest absolute Gasteiger partial charge is 0.326 e. The Morgan fingerprint density at radius 1 is 1.20 bits per heavy atom. The monoisotopic (exact) mass is 282 g/mol. The zero-order chi connectivity index (χ0) is 14.8. The molecule has 112 valence electrons. The number of rotatable bonds is 4. The first kappa shape index (κ1) is 15.4. The van der Waals surface area contributed by atoms with Crippen LogP contribution in [-0.4, -0.2) is 29.6 Å². The first-order valence-electron chi connectivity index (χ1n) is 7.36. The first-order valence-corrected chi connectivity index (χ1v) is 7.36. The fraction of sp³-hybridized carbons (Fsp3) is 0.625. The third-order valence-electron chi connectivity index (χ3n) is 4.53. The lowest BCUT2D eigenvalue weighted by Crippen LogP contribution is -2.58. The SMILES string of the molecule is CC(C)(C(N)Cc1cc(F)ccc1F)N1CCCCC1. The lowest BCUT2D eigenvalue weighted by atomic mass is 9.86. The normalized spacial score (nSPS) is 19.1. The molecule has 1 saturated heterocycles. The van der Waals surface area contributed by atoms with Crippen molar-refractivity contribution in [2.75, 3.05) is 13.1 Å². The van der Waals surface area contributed by atoms with Crippen molar-refractivity contribution in [1.82, 2.24) is 4.90 Å². The van der Waals surface area contributed by atoms with E-state index in [0.717, 1.165) is 19.2 Å². The molecule has 1 aliphatic heterocycles. The van der Waals surface area contributed by atoms with Crippen LogP contribution in [0.15, 0.2) is 18.2 Å². The summed E-state index contributed by atoms with van der Waals surface area (Å²) in [6.45, 7) is 6.26. The van der Waals surface area contributed by atoms with Gasteiger partial charge in [-0.3, -0.25) is 4.90 Å². The molecule has 0 radical (unpaired) electrons. The molecule has 4 heteroatoms. The Hall–Kier alpha value is -1.00. The molecule has 2 nitrogen and oxygen atoms in total. The molecule has 1 aromatic rings. The summed E-state index contributed by atoms with van der Waals surface area (Å²) in [5.41, 5.74) is 6.46. The predicted octanol–water partition coefficient (Wildman–Crippen LogP) is 3.10. The van der Waals surface area contributed by atoms with Gasteiger partial charge in [-0.25, -0.2) is 8.78 Å². The van der Waals surface area contributed by atoms with Gasteiger partial charge in [-0.05, 0) is 70.0 Å². The molecule has 1 aromatic carbocycles. The molecule has 0 aliphatic carbocycles. The number of halogens is 2. The van der Waals surface area contributed by atoms with Crippen molar-refractivity contribution >= 4 is 0 Å². The van der Waals surface area contributed by atoms with E-state index in [1.807, 2.05) is 0 Å². The van der Waals surface area contributed by atoms with Crippen LogP contribution in [0, 0.1) is 11.6 Å². The average molecular weight is 282 g/mol. The molecular formula is C16H24F2N2. The Morgan fingerprint density at radius 3 is 2.50 bits per heavy atom. The smallest absolute Gasteiger partial charge is 0.126 e. The lowest BCUT2D eigenvalue weighted by Gasteiger charge is -2.44. The quantitative estimate of drug-likeness (QED) is 0.919. The van der Waals surface area contributed by atoms with Gasteiger partial charge in [0.25, 0.3) is 0 Å². The molecule has 0 amide bonds. The van der Waals surface area contributed by atoms with Gasteiger partial charge in [-0.2, -0.15) is 0 Å². The number of nitrogens with two attached hydrogens (primary N) is 1. The zero-order valence-corrected chi connectivity index (χ0v) is 12.3. The Morgan fingerprint density at radius 2 is 1.85 bits per heavy atom. The van der Waals surface area contributed by atoms with Crippen LogP contribution in [0.5, 0.6) is 0 Å². The molecule has 0 saturated carbocycles. The second-order valence-electron chi connectivity index (χ2n) is 6.25. The molecular weight excluding hydrogens is 258 g/mol. The molecule has 2 rings (SSSR count). The number of hydrogen-bond acceptors (Lipinski definition) is 2. The van der Waals surface area contributed by atoms with Crippen molar-refractivity contribution in [2.24, 2.45) is 5.73 Å². The summed E-state index contributed by atoms with van der Waals surface area (Å²) >= 11 is 0. The highest BCUT2D eigenvalue weighted by Gasteiger charge is 2.34. The number of likely N-dealkylation sites (tertiary alicyclic amines) is 1. The van der Waals surface area contributed by atoms with Crippen LogP contribution in [0.4, 0.5) is 8.78 Å². The highest BCUT2D eigenvalue weighted by Crippen LogP contribution is 2.25. The Kier molecular flexibility index (Phi) is 4.76. The maximum atomic E-state index is 13.7. The Labute approximate surface area is 120 Å². The second-order valence-corrected chi connectivity index (χ2v) is 6.25. The minimum absolute atomic E-state index is 0.209. The first-order chi connectivity index (χ1) is 9.41. The average Bonchev–Trinajstić information content (AvgIpc) is 2.43. The van der Waals surface area contributed by atoms with Gasteiger partial charge in [0.2, 0.25) is 0 Å². The van der Waals surface area contributed by atoms with Crippen molar-refractivity contribution in [3.63, 3.8) is 0 Å². The van der Waals surface area contributed by atoms with Crippen LogP contribution in [0.1, 0.15) is 38.7 Å². The standard InChI is InChI=1S/C16H24F2N2/c1-16(2,20-8-4-3-5-9-20)15(19)11-12-10-13(17)6-7-14(12)18/h6-7,10,15H,3-5,8-9,11,19H2,1-2H3. The van der Waals surface area contributed by atoms with Crippen molar-refractivity contribution in [3.05, 3.63) is 35.4 Å². The van der Waals surface area contributed by atoms with Crippen LogP contribution in [0.2, 0.25) is 0 Å². The molecule has 0 spiro atoms. The molecule has 1 unspecified atom stereocenters. The van der Waals surface area contributed by atoms with Crippen LogP contribution in [0.3, 0.4) is 0 Å². The van der Waals surface area contributed by atoms with E-state index in [9.17, 15) is 8.78 Å². The molecule has 1 heterocycles. The van der Waals surface area contributed by atoms with Crippen LogP contribution in [-0.2, 0) is 6.42 Å². The van der Waals surface area contributed by atoms with E-state index in [2.05, 4.69) is 18.7 Å². The van der Waals surface area contributed by atoms with Crippen molar-refractivity contribution in [3.8, 4) is 0 Å². The van der Waals surface area contributed by atoms with Gasteiger partial charge in [0, 0.05) is 11.6 Å². The maximum Gasteiger partial charge on any atom is 0.126 e. The van der Waals surface area contributed by atoms with Crippen molar-refractivity contribution in [2.45, 2.75) is 51.1 Å². The molecule has 20 heavy (non-hydrogen) atoms. The van der Waals surface area contributed by atoms with E-state index in [0.29, 0.717) is 12.0 Å². The van der Waals surface area contributed by atoms with E-state index >= 15 is 0 Å². The summed E-state index contributed by atoms with van der Waals surface area (Å²) in [6.07, 6.45) is 3.99. The van der Waals surface area contributed by atoms with Gasteiger partial charge in [0.05, 0.1) is 0 Å². The number of benzene rings is 1. The van der Waals surface area contributed by atoms with Crippen molar-refractivity contribution < 1.29 is 8.78 Å². The fourth-order valence-electron chi connectivity index (χ4n) is 2.89. The summed E-state index contributed by atoms with van der Waals surface area (Å²) in [5.74, 6) is -0.791. The van der Waals surface area contributed by atoms with E-state index in [1.54, 1.807) is 0 Å².